The van der Waals surface area contributed by atoms with Crippen molar-refractivity contribution >= 4 is 11.6 Å². The lowest BCUT2D eigenvalue weighted by molar-refractivity contribution is 0.449. The SMILES string of the molecule is CNCc1ccc(-c2ccc(F)c(F)c2F)c(Cl)c1. The fourth-order valence-corrected chi connectivity index (χ4v) is 2.13. The summed E-state index contributed by atoms with van der Waals surface area (Å²) >= 11 is 6.05. The Morgan fingerprint density at radius 3 is 2.32 bits per heavy atom. The van der Waals surface area contributed by atoms with Crippen LogP contribution >= 0.6 is 11.6 Å². The molecule has 5 heteroatoms. The van der Waals surface area contributed by atoms with Crippen molar-refractivity contribution in [2.24, 2.45) is 0 Å². The minimum atomic E-state index is -1.49. The topological polar surface area (TPSA) is 12.0 Å². The lowest BCUT2D eigenvalue weighted by Crippen LogP contribution is -2.04. The highest BCUT2D eigenvalue weighted by atomic mass is 35.5. The van der Waals surface area contributed by atoms with Crippen molar-refractivity contribution in [3.63, 3.8) is 0 Å². The molecule has 100 valence electrons. The summed E-state index contributed by atoms with van der Waals surface area (Å²) in [6, 6.07) is 7.05. The second kappa shape index (κ2) is 5.63. The second-order valence-electron chi connectivity index (χ2n) is 4.07. The van der Waals surface area contributed by atoms with E-state index in [0.29, 0.717) is 12.1 Å². The molecule has 0 atom stereocenters. The summed E-state index contributed by atoms with van der Waals surface area (Å²) < 4.78 is 39.8. The highest BCUT2D eigenvalue weighted by Gasteiger charge is 2.16. The fourth-order valence-electron chi connectivity index (χ4n) is 1.83. The van der Waals surface area contributed by atoms with Crippen molar-refractivity contribution in [1.29, 1.82) is 0 Å². The van der Waals surface area contributed by atoms with E-state index in [9.17, 15) is 13.2 Å². The maximum atomic E-state index is 13.7. The van der Waals surface area contributed by atoms with E-state index in [1.54, 1.807) is 25.2 Å². The predicted octanol–water partition coefficient (Wildman–Crippen LogP) is 4.14. The van der Waals surface area contributed by atoms with E-state index in [1.165, 1.54) is 6.07 Å². The highest BCUT2D eigenvalue weighted by molar-refractivity contribution is 6.33. The molecule has 0 radical (unpaired) electrons. The van der Waals surface area contributed by atoms with E-state index in [-0.39, 0.29) is 10.6 Å². The Hall–Kier alpha value is -1.52. The molecule has 0 bridgehead atoms. The van der Waals surface area contributed by atoms with E-state index in [2.05, 4.69) is 5.32 Å². The van der Waals surface area contributed by atoms with Crippen LogP contribution in [-0.4, -0.2) is 7.05 Å². The maximum absolute atomic E-state index is 13.7. The molecule has 0 heterocycles. The van der Waals surface area contributed by atoms with Gasteiger partial charge in [-0.15, -0.1) is 0 Å². The Bertz CT molecular complexity index is 614. The number of rotatable bonds is 3. The first-order chi connectivity index (χ1) is 9.04. The summed E-state index contributed by atoms with van der Waals surface area (Å²) in [5.41, 5.74) is 1.19. The van der Waals surface area contributed by atoms with E-state index in [0.717, 1.165) is 11.6 Å². The largest absolute Gasteiger partial charge is 0.316 e. The average Bonchev–Trinajstić information content (AvgIpc) is 2.38. The van der Waals surface area contributed by atoms with Crippen LogP contribution in [0, 0.1) is 17.5 Å². The van der Waals surface area contributed by atoms with Crippen molar-refractivity contribution in [2.75, 3.05) is 7.05 Å². The summed E-state index contributed by atoms with van der Waals surface area (Å²) in [4.78, 5) is 0. The normalized spacial score (nSPS) is 10.8. The van der Waals surface area contributed by atoms with Gasteiger partial charge in [0, 0.05) is 22.7 Å². The van der Waals surface area contributed by atoms with Gasteiger partial charge in [0.2, 0.25) is 0 Å². The third-order valence-electron chi connectivity index (χ3n) is 2.74. The molecule has 0 aliphatic carbocycles. The molecular formula is C14H11ClF3N. The Morgan fingerprint density at radius 2 is 1.68 bits per heavy atom. The van der Waals surface area contributed by atoms with Crippen LogP contribution in [0.25, 0.3) is 11.1 Å². The molecule has 0 aromatic heterocycles. The van der Waals surface area contributed by atoms with Crippen molar-refractivity contribution in [1.82, 2.24) is 5.32 Å². The first kappa shape index (κ1) is 13.9. The van der Waals surface area contributed by atoms with Gasteiger partial charge in [-0.05, 0) is 30.8 Å². The minimum absolute atomic E-state index is 0.0556. The second-order valence-corrected chi connectivity index (χ2v) is 4.47. The average molecular weight is 286 g/mol. The van der Waals surface area contributed by atoms with E-state index in [1.807, 2.05) is 0 Å². The molecule has 0 aliphatic heterocycles. The molecule has 1 N–H and O–H groups in total. The van der Waals surface area contributed by atoms with E-state index < -0.39 is 17.5 Å². The van der Waals surface area contributed by atoms with Crippen molar-refractivity contribution < 1.29 is 13.2 Å². The minimum Gasteiger partial charge on any atom is -0.316 e. The van der Waals surface area contributed by atoms with Crippen LogP contribution in [-0.2, 0) is 6.54 Å². The van der Waals surface area contributed by atoms with Gasteiger partial charge in [-0.3, -0.25) is 0 Å². The molecule has 2 aromatic rings. The number of hydrogen-bond acceptors (Lipinski definition) is 1. The third-order valence-corrected chi connectivity index (χ3v) is 3.05. The Morgan fingerprint density at radius 1 is 1.00 bits per heavy atom. The van der Waals surface area contributed by atoms with Crippen LogP contribution < -0.4 is 5.32 Å². The lowest BCUT2D eigenvalue weighted by Gasteiger charge is -2.09. The molecule has 2 rings (SSSR count). The number of hydrogen-bond donors (Lipinski definition) is 1. The molecule has 0 spiro atoms. The van der Waals surface area contributed by atoms with Crippen LogP contribution in [0.15, 0.2) is 30.3 Å². The number of halogens is 4. The zero-order chi connectivity index (χ0) is 14.0. The summed E-state index contributed by atoms with van der Waals surface area (Å²) in [5, 5.41) is 3.25. The van der Waals surface area contributed by atoms with Gasteiger partial charge in [0.25, 0.3) is 0 Å². The zero-order valence-electron chi connectivity index (χ0n) is 10.1. The van der Waals surface area contributed by atoms with Crippen molar-refractivity contribution in [3.05, 3.63) is 58.4 Å². The molecular weight excluding hydrogens is 275 g/mol. The quantitative estimate of drug-likeness (QED) is 0.836. The Kier molecular flexibility index (Phi) is 4.12. The van der Waals surface area contributed by atoms with Gasteiger partial charge in [0.05, 0.1) is 0 Å². The molecule has 1 nitrogen and oxygen atoms in total. The molecule has 0 fully saturated rings. The maximum Gasteiger partial charge on any atom is 0.195 e. The van der Waals surface area contributed by atoms with Crippen molar-refractivity contribution in [2.45, 2.75) is 6.54 Å². The molecule has 0 saturated heterocycles. The van der Waals surface area contributed by atoms with E-state index in [4.69, 9.17) is 11.6 Å². The zero-order valence-corrected chi connectivity index (χ0v) is 10.9. The third kappa shape index (κ3) is 2.74. The van der Waals surface area contributed by atoms with E-state index >= 15 is 0 Å². The first-order valence-electron chi connectivity index (χ1n) is 5.61. The van der Waals surface area contributed by atoms with Gasteiger partial charge >= 0.3 is 0 Å². The van der Waals surface area contributed by atoms with Gasteiger partial charge in [-0.1, -0.05) is 23.7 Å². The fraction of sp³-hybridized carbons (Fsp3) is 0.143. The standard InChI is InChI=1S/C14H11ClF3N/c1-19-7-8-2-3-9(11(15)6-8)10-4-5-12(16)14(18)13(10)17/h2-6,19H,7H2,1H3. The lowest BCUT2D eigenvalue weighted by atomic mass is 10.0. The summed E-state index contributed by atoms with van der Waals surface area (Å²) in [6.07, 6.45) is 0. The first-order valence-corrected chi connectivity index (χ1v) is 5.99. The van der Waals surface area contributed by atoms with Gasteiger partial charge in [-0.2, -0.15) is 0 Å². The monoisotopic (exact) mass is 285 g/mol. The van der Waals surface area contributed by atoms with Crippen LogP contribution in [0.1, 0.15) is 5.56 Å². The molecule has 19 heavy (non-hydrogen) atoms. The number of nitrogens with one attached hydrogen (secondary N) is 1. The van der Waals surface area contributed by atoms with Crippen LogP contribution in [0.3, 0.4) is 0 Å². The summed E-state index contributed by atoms with van der Waals surface area (Å²) in [5.74, 6) is -3.94. The van der Waals surface area contributed by atoms with Crippen LogP contribution in [0.5, 0.6) is 0 Å². The van der Waals surface area contributed by atoms with Gasteiger partial charge in [0.15, 0.2) is 17.5 Å². The van der Waals surface area contributed by atoms with Crippen molar-refractivity contribution in [3.8, 4) is 11.1 Å². The Labute approximate surface area is 114 Å². The Balaban J connectivity index is 2.51. The molecule has 0 unspecified atom stereocenters. The molecule has 0 aliphatic rings. The van der Waals surface area contributed by atoms with Crippen LogP contribution in [0.2, 0.25) is 5.02 Å². The summed E-state index contributed by atoms with van der Waals surface area (Å²) in [7, 11) is 1.79. The van der Waals surface area contributed by atoms with Crippen LogP contribution in [0.4, 0.5) is 13.2 Å². The highest BCUT2D eigenvalue weighted by Crippen LogP contribution is 2.32. The smallest absolute Gasteiger partial charge is 0.195 e. The number of benzene rings is 2. The molecule has 0 amide bonds. The predicted molar refractivity (Wildman–Crippen MR) is 69.5 cm³/mol. The van der Waals surface area contributed by atoms with Gasteiger partial charge in [0.1, 0.15) is 0 Å². The molecule has 2 aromatic carbocycles. The molecule has 0 saturated carbocycles. The van der Waals surface area contributed by atoms with Gasteiger partial charge in [-0.25, -0.2) is 13.2 Å². The van der Waals surface area contributed by atoms with Gasteiger partial charge < -0.3 is 5.32 Å². The summed E-state index contributed by atoms with van der Waals surface area (Å²) in [6.45, 7) is 0.611.